The molecule has 0 bridgehead atoms. The van der Waals surface area contributed by atoms with Gasteiger partial charge in [0.15, 0.2) is 0 Å². The zero-order chi connectivity index (χ0) is 73.7. The molecule has 18 heteroatoms. The topological polar surface area (TPSA) is 110 Å². The number of anilines is 10. The molecule has 0 fully saturated rings. The fourth-order valence-electron chi connectivity index (χ4n) is 14.3. The Hall–Kier alpha value is -9.15. The van der Waals surface area contributed by atoms with Crippen LogP contribution in [0, 0.1) is 156 Å². The first-order valence-electron chi connectivity index (χ1n) is 33.5. The molecule has 0 spiro atoms. The molecule has 0 atom stereocenters. The van der Waals surface area contributed by atoms with Gasteiger partial charge in [-0.25, -0.2) is 0 Å². The molecule has 0 radical (unpaired) electrons. The first-order chi connectivity index (χ1) is 48.2. The minimum atomic E-state index is 0. The quantitative estimate of drug-likeness (QED) is 0.128. The Morgan fingerprint density at radius 1 is 0.279 bits per heavy atom. The van der Waals surface area contributed by atoms with Gasteiger partial charge in [-0.1, -0.05) is 77.4 Å². The van der Waals surface area contributed by atoms with Gasteiger partial charge in [0, 0.05) is 39.8 Å². The van der Waals surface area contributed by atoms with Gasteiger partial charge in [0.2, 0.25) is 0 Å². The number of fused-ring (bicyclic) bond motifs is 2. The van der Waals surface area contributed by atoms with E-state index >= 15 is 0 Å². The molecule has 8 aromatic carbocycles. The van der Waals surface area contributed by atoms with Crippen LogP contribution in [0.3, 0.4) is 0 Å². The van der Waals surface area contributed by atoms with E-state index in [1.807, 2.05) is 18.1 Å². The van der Waals surface area contributed by atoms with Gasteiger partial charge < -0.3 is 94.3 Å². The molecular weight excluding hydrogens is 1830 g/mol. The van der Waals surface area contributed by atoms with Crippen molar-refractivity contribution in [3.63, 3.8) is 0 Å². The van der Waals surface area contributed by atoms with Gasteiger partial charge in [-0.3, -0.25) is 0 Å². The van der Waals surface area contributed by atoms with Crippen molar-refractivity contribution in [2.75, 3.05) is 81.5 Å². The SMILES string of the molecule is CC1=C(C)N(c2[c-]c(N3C=CN(C)[CH-]3)cc(-c3c(C)cc(C)cc3C)c2)[CH-]N1C.CC1=C(C)N(c2[c-]c(N3[CH-]N(C)c4ccccc43)cc(-c3c(C)cc(C)cc3C)c2)[CH-]N1C.CC1=C(C)N(c2[c-]c(N3[CH-]N(C)c4ccccc43)cc(-c3c(C)cc(C)cc3C)c2)[CH-]N1C.[C-]#N.[C-]#N.[C-]#N.[Pt+4].[Pt+4].[Pt+4]. The first-order valence-corrected chi connectivity index (χ1v) is 33.5. The van der Waals surface area contributed by atoms with Crippen molar-refractivity contribution < 1.29 is 63.2 Å². The van der Waals surface area contributed by atoms with Crippen LogP contribution in [0.1, 0.15) is 91.6 Å². The number of hydrogen-bond acceptors (Lipinski definition) is 15. The van der Waals surface area contributed by atoms with Gasteiger partial charge in [-0.15, -0.1) is 105 Å². The summed E-state index contributed by atoms with van der Waals surface area (Å²) in [4.78, 5) is 26.2. The summed E-state index contributed by atoms with van der Waals surface area (Å²) in [6, 6.07) is 55.3. The Morgan fingerprint density at radius 2 is 0.519 bits per heavy atom. The molecule has 0 aliphatic carbocycles. The van der Waals surface area contributed by atoms with Gasteiger partial charge in [0.1, 0.15) is 0 Å². The van der Waals surface area contributed by atoms with Crippen LogP contribution in [0.15, 0.2) is 168 Å². The normalized spacial score (nSPS) is 14.7. The van der Waals surface area contributed by atoms with Crippen LogP contribution < -0.4 is 39.2 Å². The van der Waals surface area contributed by atoms with Crippen molar-refractivity contribution in [2.45, 2.75) is 104 Å². The average Bonchev–Trinajstić information content (AvgIpc) is 1.50. The Balaban J connectivity index is 0.000000233. The van der Waals surface area contributed by atoms with Crippen LogP contribution in [0.25, 0.3) is 33.4 Å². The second kappa shape index (κ2) is 35.6. The Bertz CT molecular complexity index is 4360. The number of rotatable bonds is 9. The maximum atomic E-state index is 6.25. The van der Waals surface area contributed by atoms with Crippen molar-refractivity contribution in [1.29, 1.82) is 15.8 Å². The third-order valence-electron chi connectivity index (χ3n) is 19.5. The predicted octanol–water partition coefficient (Wildman–Crippen LogP) is 19.6. The van der Waals surface area contributed by atoms with Gasteiger partial charge in [-0.05, 0) is 250 Å². The van der Waals surface area contributed by atoms with E-state index in [-0.39, 0.29) is 63.2 Å². The molecule has 6 aliphatic heterocycles. The minimum absolute atomic E-state index is 0. The van der Waals surface area contributed by atoms with Crippen molar-refractivity contribution in [1.82, 2.24) is 19.6 Å². The molecule has 14 rings (SSSR count). The monoisotopic (exact) mass is 1920 g/mol. The molecule has 0 saturated heterocycles. The Morgan fingerprint density at radius 3 is 0.769 bits per heavy atom. The van der Waals surface area contributed by atoms with Crippen LogP contribution in [0.4, 0.5) is 56.9 Å². The molecule has 6 aliphatic rings. The van der Waals surface area contributed by atoms with Crippen LogP contribution in [0.2, 0.25) is 0 Å². The maximum absolute atomic E-state index is 6.25. The molecule has 6 heterocycles. The van der Waals surface area contributed by atoms with Crippen LogP contribution in [0.5, 0.6) is 0 Å². The van der Waals surface area contributed by atoms with Crippen LogP contribution >= 0.6 is 0 Å². The summed E-state index contributed by atoms with van der Waals surface area (Å²) < 4.78 is 0. The molecule has 104 heavy (non-hydrogen) atoms. The molecule has 8 aromatic rings. The molecular formula is C86H91N15Pt3. The summed E-state index contributed by atoms with van der Waals surface area (Å²) in [5.74, 6) is 0. The number of benzene rings is 8. The number of allylic oxidation sites excluding steroid dienone is 6. The molecule has 0 amide bonds. The smallest absolute Gasteiger partial charge is 0.512 e. The largest absolute Gasteiger partial charge is 4.00 e. The fraction of sp³-hybridized carbons (Fsp3) is 0.244. The van der Waals surface area contributed by atoms with E-state index in [1.54, 1.807) is 0 Å². The van der Waals surface area contributed by atoms with Crippen molar-refractivity contribution in [2.24, 2.45) is 0 Å². The van der Waals surface area contributed by atoms with E-state index in [1.165, 1.54) is 140 Å². The number of hydrogen-bond donors (Lipinski definition) is 0. The molecule has 0 unspecified atom stereocenters. The summed E-state index contributed by atoms with van der Waals surface area (Å²) in [6.07, 6.45) is 4.12. The number of nitrogens with zero attached hydrogens (tertiary/aromatic N) is 15. The van der Waals surface area contributed by atoms with E-state index in [2.05, 4.69) is 379 Å². The zero-order valence-corrected chi connectivity index (χ0v) is 70.1. The van der Waals surface area contributed by atoms with Crippen molar-refractivity contribution in [3.8, 4) is 33.4 Å². The zero-order valence-electron chi connectivity index (χ0n) is 63.3. The van der Waals surface area contributed by atoms with Crippen molar-refractivity contribution >= 4 is 56.9 Å². The summed E-state index contributed by atoms with van der Waals surface area (Å²) in [5.41, 5.74) is 37.6. The minimum Gasteiger partial charge on any atom is -0.512 e. The number of aryl methyl sites for hydroxylation is 9. The number of para-hydroxylation sites is 4. The molecule has 540 valence electrons. The standard InChI is InChI=1S/2C29H31N4.C25H29N4.3CN.3Pt/c2*1-19-12-20(2)29(21(3)13-19)24-14-25(32-17-30(6)22(4)23(32)5)16-26(15-24)33-18-31(7)27-10-8-9-11-28(27)33;1-17-10-18(2)25(19(3)11-17)22-12-23(28-9-8-26(6)15-28)14-24(13-22)29-16-27(7)20(4)21(29)5;3*1-2;;;/h2*8-15,17-18H,1-7H3;8-13,15-16H,1-7H3;;;;;;/q3*-3;3*-1;3*+4. The van der Waals surface area contributed by atoms with E-state index in [0.29, 0.717) is 0 Å². The van der Waals surface area contributed by atoms with Gasteiger partial charge in [-0.2, -0.15) is 40.0 Å². The molecule has 0 aromatic heterocycles. The van der Waals surface area contributed by atoms with Crippen LogP contribution in [-0.4, -0.2) is 61.9 Å². The second-order valence-electron chi connectivity index (χ2n) is 26.7. The predicted molar refractivity (Wildman–Crippen MR) is 415 cm³/mol. The van der Waals surface area contributed by atoms with Gasteiger partial charge in [0.25, 0.3) is 0 Å². The van der Waals surface area contributed by atoms with Crippen LogP contribution in [-0.2, 0) is 63.2 Å². The second-order valence-corrected chi connectivity index (χ2v) is 26.7. The van der Waals surface area contributed by atoms with Gasteiger partial charge in [0.05, 0.1) is 0 Å². The molecule has 15 nitrogen and oxygen atoms in total. The third kappa shape index (κ3) is 17.1. The Kier molecular flexibility index (Phi) is 28.7. The van der Waals surface area contributed by atoms with Crippen molar-refractivity contribution in [3.05, 3.63) is 296 Å². The summed E-state index contributed by atoms with van der Waals surface area (Å²) >= 11 is 0. The van der Waals surface area contributed by atoms with E-state index < -0.39 is 0 Å². The Labute approximate surface area is 664 Å². The van der Waals surface area contributed by atoms with E-state index in [0.717, 1.165) is 34.1 Å². The molecule has 0 saturated carbocycles. The summed E-state index contributed by atoms with van der Waals surface area (Å²) in [5, 5.41) is 18.8. The van der Waals surface area contributed by atoms with E-state index in [9.17, 15) is 0 Å². The molecule has 0 N–H and O–H groups in total. The fourth-order valence-corrected chi connectivity index (χ4v) is 14.3. The summed E-state index contributed by atoms with van der Waals surface area (Å²) in [6.45, 7) is 59.7. The maximum Gasteiger partial charge on any atom is 4.00 e. The summed E-state index contributed by atoms with van der Waals surface area (Å²) in [7, 11) is 12.5. The first kappa shape index (κ1) is 83.8. The average molecular weight is 1920 g/mol. The van der Waals surface area contributed by atoms with E-state index in [4.69, 9.17) is 35.5 Å². The third-order valence-corrected chi connectivity index (χ3v) is 19.5. The van der Waals surface area contributed by atoms with Gasteiger partial charge >= 0.3 is 63.2 Å².